The standard InChI is InChI=1S/C14H13IN2O3/c1-3-4-20-13-11(15)6-9(7-12(13)19-2)5-10(8-16)14(17)18/h3,5-7H,1,4H2,2H3,(H2,17,18)/b10-5+. The molecule has 0 unspecified atom stereocenters. The minimum absolute atomic E-state index is 0.123. The van der Waals surface area contributed by atoms with Crippen LogP contribution in [0.3, 0.4) is 0 Å². The highest BCUT2D eigenvalue weighted by molar-refractivity contribution is 14.1. The SMILES string of the molecule is C=CCOc1c(I)cc(/C=C(\C#N)C(N)=O)cc1OC. The first kappa shape index (κ1) is 16.0. The van der Waals surface area contributed by atoms with Crippen molar-refractivity contribution in [3.05, 3.63) is 39.5 Å². The van der Waals surface area contributed by atoms with Crippen LogP contribution in [0.1, 0.15) is 5.56 Å². The number of hydrogen-bond acceptors (Lipinski definition) is 4. The quantitative estimate of drug-likeness (QED) is 0.353. The van der Waals surface area contributed by atoms with Crippen molar-refractivity contribution in [2.24, 2.45) is 5.73 Å². The number of carbonyl (C=O) groups is 1. The average Bonchev–Trinajstić information content (AvgIpc) is 2.42. The molecule has 5 nitrogen and oxygen atoms in total. The second kappa shape index (κ2) is 7.55. The van der Waals surface area contributed by atoms with Gasteiger partial charge in [-0.3, -0.25) is 4.79 Å². The van der Waals surface area contributed by atoms with E-state index >= 15 is 0 Å². The molecule has 0 aliphatic rings. The molecular formula is C14H13IN2O3. The lowest BCUT2D eigenvalue weighted by molar-refractivity contribution is -0.114. The molecule has 104 valence electrons. The summed E-state index contributed by atoms with van der Waals surface area (Å²) in [5, 5.41) is 8.84. The van der Waals surface area contributed by atoms with Gasteiger partial charge >= 0.3 is 0 Å². The van der Waals surface area contributed by atoms with Crippen molar-refractivity contribution in [1.82, 2.24) is 0 Å². The van der Waals surface area contributed by atoms with Gasteiger partial charge in [-0.1, -0.05) is 12.7 Å². The molecule has 0 saturated heterocycles. The molecule has 0 aliphatic carbocycles. The molecule has 0 spiro atoms. The van der Waals surface area contributed by atoms with E-state index in [1.807, 2.05) is 0 Å². The summed E-state index contributed by atoms with van der Waals surface area (Å²) in [4.78, 5) is 11.0. The number of methoxy groups -OCH3 is 1. The molecule has 2 N–H and O–H groups in total. The second-order valence-electron chi connectivity index (χ2n) is 3.67. The zero-order valence-electron chi connectivity index (χ0n) is 10.9. The molecule has 0 radical (unpaired) electrons. The van der Waals surface area contributed by atoms with Crippen molar-refractivity contribution in [3.63, 3.8) is 0 Å². The number of nitriles is 1. The molecule has 1 aromatic rings. The number of primary amides is 1. The van der Waals surface area contributed by atoms with E-state index in [0.717, 1.165) is 3.57 Å². The van der Waals surface area contributed by atoms with Crippen LogP contribution in [0.2, 0.25) is 0 Å². The monoisotopic (exact) mass is 384 g/mol. The van der Waals surface area contributed by atoms with Crippen molar-refractivity contribution < 1.29 is 14.3 Å². The molecule has 0 fully saturated rings. The van der Waals surface area contributed by atoms with Crippen molar-refractivity contribution in [2.75, 3.05) is 13.7 Å². The third kappa shape index (κ3) is 3.99. The minimum atomic E-state index is -0.770. The molecule has 1 aromatic carbocycles. The van der Waals surface area contributed by atoms with Gasteiger partial charge in [-0.2, -0.15) is 5.26 Å². The minimum Gasteiger partial charge on any atom is -0.493 e. The van der Waals surface area contributed by atoms with Gasteiger partial charge in [0.2, 0.25) is 0 Å². The third-order valence-corrected chi connectivity index (χ3v) is 3.10. The first-order valence-corrected chi connectivity index (χ1v) is 6.64. The maximum absolute atomic E-state index is 11.0. The van der Waals surface area contributed by atoms with Crippen LogP contribution < -0.4 is 15.2 Å². The third-order valence-electron chi connectivity index (χ3n) is 2.29. The van der Waals surface area contributed by atoms with Crippen molar-refractivity contribution >= 4 is 34.6 Å². The summed E-state index contributed by atoms with van der Waals surface area (Å²) < 4.78 is 11.5. The van der Waals surface area contributed by atoms with Crippen LogP contribution in [0.4, 0.5) is 0 Å². The largest absolute Gasteiger partial charge is 0.493 e. The number of nitrogens with zero attached hydrogens (tertiary/aromatic N) is 1. The summed E-state index contributed by atoms with van der Waals surface area (Å²) >= 11 is 2.08. The lowest BCUT2D eigenvalue weighted by Gasteiger charge is -2.12. The Morgan fingerprint density at radius 2 is 2.30 bits per heavy atom. The van der Waals surface area contributed by atoms with Crippen LogP contribution >= 0.6 is 22.6 Å². The highest BCUT2D eigenvalue weighted by Gasteiger charge is 2.12. The van der Waals surface area contributed by atoms with Crippen LogP contribution in [0.5, 0.6) is 11.5 Å². The Morgan fingerprint density at radius 1 is 1.60 bits per heavy atom. The smallest absolute Gasteiger partial charge is 0.259 e. The molecule has 1 rings (SSSR count). The van der Waals surface area contributed by atoms with Gasteiger partial charge in [0.05, 0.1) is 10.7 Å². The summed E-state index contributed by atoms with van der Waals surface area (Å²) in [5.41, 5.74) is 5.61. The zero-order valence-corrected chi connectivity index (χ0v) is 13.0. The number of ether oxygens (including phenoxy) is 2. The van der Waals surface area contributed by atoms with Crippen LogP contribution in [0.15, 0.2) is 30.4 Å². The van der Waals surface area contributed by atoms with Gasteiger partial charge in [-0.25, -0.2) is 0 Å². The second-order valence-corrected chi connectivity index (χ2v) is 4.83. The van der Waals surface area contributed by atoms with Crippen LogP contribution in [-0.2, 0) is 4.79 Å². The van der Waals surface area contributed by atoms with Gasteiger partial charge in [0.15, 0.2) is 11.5 Å². The van der Waals surface area contributed by atoms with Crippen LogP contribution in [0, 0.1) is 14.9 Å². The molecular weight excluding hydrogens is 371 g/mol. The van der Waals surface area contributed by atoms with Crippen LogP contribution in [0.25, 0.3) is 6.08 Å². The Balaban J connectivity index is 3.26. The molecule has 20 heavy (non-hydrogen) atoms. The van der Waals surface area contributed by atoms with Crippen molar-refractivity contribution in [2.45, 2.75) is 0 Å². The van der Waals surface area contributed by atoms with E-state index in [4.69, 9.17) is 20.5 Å². The number of benzene rings is 1. The van der Waals surface area contributed by atoms with Gasteiger partial charge in [0.25, 0.3) is 5.91 Å². The average molecular weight is 384 g/mol. The molecule has 0 aliphatic heterocycles. The van der Waals surface area contributed by atoms with E-state index in [-0.39, 0.29) is 5.57 Å². The lowest BCUT2D eigenvalue weighted by atomic mass is 10.1. The highest BCUT2D eigenvalue weighted by atomic mass is 127. The number of carbonyl (C=O) groups excluding carboxylic acids is 1. The van der Waals surface area contributed by atoms with E-state index < -0.39 is 5.91 Å². The number of nitrogens with two attached hydrogens (primary N) is 1. The number of rotatable bonds is 6. The number of hydrogen-bond donors (Lipinski definition) is 1. The number of amides is 1. The summed E-state index contributed by atoms with van der Waals surface area (Å²) in [6.07, 6.45) is 3.04. The van der Waals surface area contributed by atoms with Gasteiger partial charge in [-0.05, 0) is 46.4 Å². The van der Waals surface area contributed by atoms with E-state index in [1.54, 1.807) is 24.3 Å². The van der Waals surface area contributed by atoms with Crippen molar-refractivity contribution in [3.8, 4) is 17.6 Å². The maximum Gasteiger partial charge on any atom is 0.259 e. The fourth-order valence-electron chi connectivity index (χ4n) is 1.43. The summed E-state index contributed by atoms with van der Waals surface area (Å²) in [6, 6.07) is 5.19. The van der Waals surface area contributed by atoms with Gasteiger partial charge in [-0.15, -0.1) is 0 Å². The Morgan fingerprint density at radius 3 is 2.80 bits per heavy atom. The Hall–Kier alpha value is -2.01. The fourth-order valence-corrected chi connectivity index (χ4v) is 2.21. The van der Waals surface area contributed by atoms with Crippen molar-refractivity contribution in [1.29, 1.82) is 5.26 Å². The molecule has 0 saturated carbocycles. The first-order valence-electron chi connectivity index (χ1n) is 5.56. The van der Waals surface area contributed by atoms with E-state index in [9.17, 15) is 4.79 Å². The summed E-state index contributed by atoms with van der Waals surface area (Å²) in [6.45, 7) is 3.94. The maximum atomic E-state index is 11.0. The summed E-state index contributed by atoms with van der Waals surface area (Å²) in [5.74, 6) is 0.322. The molecule has 0 bridgehead atoms. The van der Waals surface area contributed by atoms with Gasteiger partial charge in [0.1, 0.15) is 18.2 Å². The molecule has 0 aromatic heterocycles. The molecule has 6 heteroatoms. The molecule has 0 heterocycles. The fraction of sp³-hybridized carbons (Fsp3) is 0.143. The van der Waals surface area contributed by atoms with Crippen LogP contribution in [-0.4, -0.2) is 19.6 Å². The first-order chi connectivity index (χ1) is 9.53. The normalized spacial score (nSPS) is 10.6. The Bertz CT molecular complexity index is 603. The van der Waals surface area contributed by atoms with E-state index in [1.165, 1.54) is 13.2 Å². The van der Waals surface area contributed by atoms with Gasteiger partial charge in [0, 0.05) is 0 Å². The zero-order chi connectivity index (χ0) is 15.1. The topological polar surface area (TPSA) is 85.3 Å². The van der Waals surface area contributed by atoms with E-state index in [0.29, 0.717) is 23.7 Å². The lowest BCUT2D eigenvalue weighted by Crippen LogP contribution is -2.12. The van der Waals surface area contributed by atoms with Gasteiger partial charge < -0.3 is 15.2 Å². The van der Waals surface area contributed by atoms with E-state index in [2.05, 4.69) is 29.2 Å². The number of halogens is 1. The predicted molar refractivity (Wildman–Crippen MR) is 84.2 cm³/mol. The Kier molecular flexibility index (Phi) is 6.06. The summed E-state index contributed by atoms with van der Waals surface area (Å²) in [7, 11) is 1.51. The molecule has 0 atom stereocenters. The molecule has 1 amide bonds. The highest BCUT2D eigenvalue weighted by Crippen LogP contribution is 2.34. The predicted octanol–water partition coefficient (Wildman–Crippen LogP) is 2.26. The Labute approximate surface area is 130 Å².